The van der Waals surface area contributed by atoms with E-state index in [0.717, 1.165) is 49.3 Å². The van der Waals surface area contributed by atoms with Crippen LogP contribution in [0.1, 0.15) is 29.5 Å². The van der Waals surface area contributed by atoms with Crippen molar-refractivity contribution in [2.45, 2.75) is 33.2 Å². The summed E-state index contributed by atoms with van der Waals surface area (Å²) >= 11 is 0. The van der Waals surface area contributed by atoms with Gasteiger partial charge in [-0.05, 0) is 49.9 Å². The van der Waals surface area contributed by atoms with Gasteiger partial charge in [0.05, 0.1) is 5.92 Å². The molecule has 3 nitrogen and oxygen atoms in total. The number of hydrogen-bond donors (Lipinski definition) is 1. The molecule has 0 aliphatic carbocycles. The fourth-order valence-electron chi connectivity index (χ4n) is 3.49. The number of nitrogens with one attached hydrogen (secondary N) is 1. The van der Waals surface area contributed by atoms with Crippen LogP contribution < -0.4 is 5.32 Å². The van der Waals surface area contributed by atoms with Gasteiger partial charge >= 0.3 is 0 Å². The van der Waals surface area contributed by atoms with E-state index in [0.29, 0.717) is 0 Å². The molecule has 25 heavy (non-hydrogen) atoms. The highest BCUT2D eigenvalue weighted by Crippen LogP contribution is 2.23. The molecule has 1 aliphatic heterocycles. The van der Waals surface area contributed by atoms with Crippen LogP contribution in [0.15, 0.2) is 48.5 Å². The number of likely N-dealkylation sites (tertiary alicyclic amines) is 1. The molecule has 0 spiro atoms. The van der Waals surface area contributed by atoms with Crippen molar-refractivity contribution in [2.24, 2.45) is 5.92 Å². The average Bonchev–Trinajstić information content (AvgIpc) is 2.59. The number of para-hydroxylation sites is 1. The first-order valence-corrected chi connectivity index (χ1v) is 8.77. The van der Waals surface area contributed by atoms with Crippen molar-refractivity contribution in [1.82, 2.24) is 4.90 Å². The van der Waals surface area contributed by atoms with Gasteiger partial charge in [0.2, 0.25) is 5.91 Å². The van der Waals surface area contributed by atoms with Crippen LogP contribution in [0, 0.1) is 19.8 Å². The predicted octanol–water partition coefficient (Wildman–Crippen LogP) is 4.58. The van der Waals surface area contributed by atoms with Crippen LogP contribution in [0.3, 0.4) is 0 Å². The van der Waals surface area contributed by atoms with Crippen molar-refractivity contribution in [2.75, 3.05) is 18.4 Å². The summed E-state index contributed by atoms with van der Waals surface area (Å²) in [6.45, 7) is 6.93. The number of hydrogen-bond acceptors (Lipinski definition) is 2. The van der Waals surface area contributed by atoms with Gasteiger partial charge in [-0.1, -0.05) is 48.5 Å². The van der Waals surface area contributed by atoms with Crippen LogP contribution in [0.4, 0.5) is 5.69 Å². The van der Waals surface area contributed by atoms with Gasteiger partial charge in [-0.25, -0.2) is 0 Å². The van der Waals surface area contributed by atoms with Crippen LogP contribution >= 0.6 is 12.4 Å². The Morgan fingerprint density at radius 2 is 1.76 bits per heavy atom. The number of piperidine rings is 1. The first-order chi connectivity index (χ1) is 11.6. The minimum atomic E-state index is 0. The molecule has 0 radical (unpaired) electrons. The number of aryl methyl sites for hydroxylation is 2. The fourth-order valence-corrected chi connectivity index (χ4v) is 3.49. The van der Waals surface area contributed by atoms with Crippen molar-refractivity contribution >= 4 is 24.0 Å². The lowest BCUT2D eigenvalue weighted by molar-refractivity contribution is -0.121. The topological polar surface area (TPSA) is 32.3 Å². The van der Waals surface area contributed by atoms with Gasteiger partial charge in [-0.15, -0.1) is 12.4 Å². The zero-order valence-electron chi connectivity index (χ0n) is 15.0. The first-order valence-electron chi connectivity index (χ1n) is 8.77. The number of carbonyl (C=O) groups is 1. The standard InChI is InChI=1S/C21H26N2O.ClH/c1-16-8-6-9-17(2)20(16)22-21(24)19-12-7-13-23(15-19)14-18-10-4-3-5-11-18;/h3-6,8-11,19H,7,12-15H2,1-2H3,(H,22,24);1H. The van der Waals surface area contributed by atoms with E-state index >= 15 is 0 Å². The van der Waals surface area contributed by atoms with Gasteiger partial charge in [0.25, 0.3) is 0 Å². The molecule has 134 valence electrons. The highest BCUT2D eigenvalue weighted by atomic mass is 35.5. The molecule has 1 N–H and O–H groups in total. The molecule has 1 fully saturated rings. The van der Waals surface area contributed by atoms with Crippen LogP contribution in [0.5, 0.6) is 0 Å². The third-order valence-electron chi connectivity index (χ3n) is 4.85. The maximum absolute atomic E-state index is 12.7. The highest BCUT2D eigenvalue weighted by Gasteiger charge is 2.26. The van der Waals surface area contributed by atoms with Crippen LogP contribution in [-0.2, 0) is 11.3 Å². The lowest BCUT2D eigenvalue weighted by Gasteiger charge is -2.32. The van der Waals surface area contributed by atoms with Gasteiger partial charge in [-0.3, -0.25) is 9.69 Å². The predicted molar refractivity (Wildman–Crippen MR) is 106 cm³/mol. The second-order valence-corrected chi connectivity index (χ2v) is 6.82. The van der Waals surface area contributed by atoms with Gasteiger partial charge in [0.1, 0.15) is 0 Å². The Labute approximate surface area is 156 Å². The summed E-state index contributed by atoms with van der Waals surface area (Å²) in [4.78, 5) is 15.1. The third kappa shape index (κ3) is 5.07. The number of amides is 1. The molecule has 2 aromatic rings. The maximum atomic E-state index is 12.7. The van der Waals surface area contributed by atoms with Crippen LogP contribution in [-0.4, -0.2) is 23.9 Å². The molecule has 3 rings (SSSR count). The lowest BCUT2D eigenvalue weighted by atomic mass is 9.96. The quantitative estimate of drug-likeness (QED) is 0.867. The second-order valence-electron chi connectivity index (χ2n) is 6.82. The lowest BCUT2D eigenvalue weighted by Crippen LogP contribution is -2.40. The Hall–Kier alpha value is -1.84. The summed E-state index contributed by atoms with van der Waals surface area (Å²) in [5.74, 6) is 0.228. The average molecular weight is 359 g/mol. The summed E-state index contributed by atoms with van der Waals surface area (Å²) < 4.78 is 0. The summed E-state index contributed by atoms with van der Waals surface area (Å²) in [5.41, 5.74) is 4.54. The third-order valence-corrected chi connectivity index (χ3v) is 4.85. The largest absolute Gasteiger partial charge is 0.325 e. The zero-order valence-corrected chi connectivity index (χ0v) is 15.8. The molecule has 4 heteroatoms. The zero-order chi connectivity index (χ0) is 16.9. The van der Waals surface area contributed by atoms with E-state index in [1.54, 1.807) is 0 Å². The minimum absolute atomic E-state index is 0. The number of halogens is 1. The maximum Gasteiger partial charge on any atom is 0.228 e. The van der Waals surface area contributed by atoms with E-state index in [-0.39, 0.29) is 24.2 Å². The van der Waals surface area contributed by atoms with Crippen molar-refractivity contribution in [1.29, 1.82) is 0 Å². The molecule has 1 saturated heterocycles. The van der Waals surface area contributed by atoms with Crippen molar-refractivity contribution in [3.05, 3.63) is 65.2 Å². The highest BCUT2D eigenvalue weighted by molar-refractivity contribution is 5.94. The molecule has 1 unspecified atom stereocenters. The van der Waals surface area contributed by atoms with Crippen molar-refractivity contribution < 1.29 is 4.79 Å². The Morgan fingerprint density at radius 1 is 1.08 bits per heavy atom. The second kappa shape index (κ2) is 9.02. The van der Waals surface area contributed by atoms with E-state index in [4.69, 9.17) is 0 Å². The van der Waals surface area contributed by atoms with Crippen LogP contribution in [0.2, 0.25) is 0 Å². The monoisotopic (exact) mass is 358 g/mol. The smallest absolute Gasteiger partial charge is 0.228 e. The first kappa shape index (κ1) is 19.5. The van der Waals surface area contributed by atoms with E-state index < -0.39 is 0 Å². The number of anilines is 1. The molecule has 1 atom stereocenters. The van der Waals surface area contributed by atoms with Gasteiger partial charge in [0.15, 0.2) is 0 Å². The summed E-state index contributed by atoms with van der Waals surface area (Å²) in [6, 6.07) is 16.6. The minimum Gasteiger partial charge on any atom is -0.325 e. The summed E-state index contributed by atoms with van der Waals surface area (Å²) in [6.07, 6.45) is 2.06. The summed E-state index contributed by atoms with van der Waals surface area (Å²) in [5, 5.41) is 3.17. The number of nitrogens with zero attached hydrogens (tertiary/aromatic N) is 1. The fraction of sp³-hybridized carbons (Fsp3) is 0.381. The molecule has 0 aromatic heterocycles. The SMILES string of the molecule is Cc1cccc(C)c1NC(=O)C1CCCN(Cc2ccccc2)C1.Cl. The Bertz CT molecular complexity index is 682. The molecular weight excluding hydrogens is 332 g/mol. The van der Waals surface area contributed by atoms with Crippen molar-refractivity contribution in [3.8, 4) is 0 Å². The molecule has 2 aromatic carbocycles. The van der Waals surface area contributed by atoms with Gasteiger partial charge in [-0.2, -0.15) is 0 Å². The van der Waals surface area contributed by atoms with Gasteiger partial charge in [0, 0.05) is 18.8 Å². The molecule has 1 amide bonds. The van der Waals surface area contributed by atoms with Crippen LogP contribution in [0.25, 0.3) is 0 Å². The van der Waals surface area contributed by atoms with E-state index in [1.165, 1.54) is 5.56 Å². The van der Waals surface area contributed by atoms with Crippen molar-refractivity contribution in [3.63, 3.8) is 0 Å². The Kier molecular flexibility index (Phi) is 7.03. The van der Waals surface area contributed by atoms with E-state index in [9.17, 15) is 4.79 Å². The van der Waals surface area contributed by atoms with Gasteiger partial charge < -0.3 is 5.32 Å². The summed E-state index contributed by atoms with van der Waals surface area (Å²) in [7, 11) is 0. The number of rotatable bonds is 4. The molecule has 1 aliphatic rings. The molecule has 1 heterocycles. The molecule has 0 saturated carbocycles. The number of carbonyl (C=O) groups excluding carboxylic acids is 1. The Morgan fingerprint density at radius 3 is 2.44 bits per heavy atom. The molecular formula is C21H27ClN2O. The Balaban J connectivity index is 0.00000225. The van der Waals surface area contributed by atoms with E-state index in [2.05, 4.69) is 34.5 Å². The normalized spacial score (nSPS) is 17.6. The van der Waals surface area contributed by atoms with E-state index in [1.807, 2.05) is 38.1 Å². The molecule has 0 bridgehead atoms. The number of benzene rings is 2.